The molecule has 3 aromatic heterocycles. The largest absolute Gasteiger partial charge is 0.281 e. The van der Waals surface area contributed by atoms with Crippen LogP contribution in [-0.4, -0.2) is 24.8 Å². The normalized spacial score (nSPS) is 15.5. The molecule has 1 aliphatic rings. The van der Waals surface area contributed by atoms with E-state index in [0.29, 0.717) is 5.92 Å². The summed E-state index contributed by atoms with van der Waals surface area (Å²) in [6.07, 6.45) is 13.8. The Morgan fingerprint density at radius 3 is 3.00 bits per heavy atom. The smallest absolute Gasteiger partial charge is 0.153 e. The number of imidazole rings is 1. The van der Waals surface area contributed by atoms with Gasteiger partial charge in [0.2, 0.25) is 0 Å². The average Bonchev–Trinajstić information content (AvgIpc) is 3.17. The minimum absolute atomic E-state index is 0.553. The third-order valence-corrected chi connectivity index (χ3v) is 4.21. The maximum atomic E-state index is 4.73. The Morgan fingerprint density at radius 2 is 2.25 bits per heavy atom. The summed E-state index contributed by atoms with van der Waals surface area (Å²) in [6.45, 7) is 5.82. The summed E-state index contributed by atoms with van der Waals surface area (Å²) in [4.78, 5) is 4.27. The maximum absolute atomic E-state index is 4.73. The molecule has 0 aromatic carbocycles. The number of hydrogen-bond acceptors (Lipinski definition) is 3. The van der Waals surface area contributed by atoms with Crippen LogP contribution >= 0.6 is 0 Å². The molecule has 1 N–H and O–H groups in total. The number of hydrogen-bond donors (Lipinski definition) is 1. The van der Waals surface area contributed by atoms with E-state index in [1.807, 2.05) is 43.5 Å². The van der Waals surface area contributed by atoms with Gasteiger partial charge in [-0.1, -0.05) is 30.9 Å². The van der Waals surface area contributed by atoms with Gasteiger partial charge in [-0.25, -0.2) is 9.50 Å². The molecule has 24 heavy (non-hydrogen) atoms. The van der Waals surface area contributed by atoms with Crippen molar-refractivity contribution in [2.24, 2.45) is 0 Å². The van der Waals surface area contributed by atoms with E-state index in [4.69, 9.17) is 5.10 Å². The number of rotatable bonds is 5. The second kappa shape index (κ2) is 5.92. The number of nitrogens with one attached hydrogen (secondary N) is 1. The Balaban J connectivity index is 1.92. The molecule has 0 spiro atoms. The molecule has 3 heterocycles. The number of aromatic amines is 1. The van der Waals surface area contributed by atoms with Crippen LogP contribution in [0.3, 0.4) is 0 Å². The first-order valence-corrected chi connectivity index (χ1v) is 8.16. The summed E-state index contributed by atoms with van der Waals surface area (Å²) in [5.41, 5.74) is 5.95. The van der Waals surface area contributed by atoms with Crippen molar-refractivity contribution in [3.05, 3.63) is 66.8 Å². The highest BCUT2D eigenvalue weighted by Gasteiger charge is 2.31. The van der Waals surface area contributed by atoms with Gasteiger partial charge in [-0.2, -0.15) is 10.2 Å². The number of aromatic nitrogens is 5. The number of H-pyrrole nitrogens is 1. The predicted octanol–water partition coefficient (Wildman–Crippen LogP) is 4.14. The molecular weight excluding hydrogens is 298 g/mol. The van der Waals surface area contributed by atoms with Crippen molar-refractivity contribution in [3.8, 4) is 11.3 Å². The van der Waals surface area contributed by atoms with Gasteiger partial charge < -0.3 is 0 Å². The molecule has 0 bridgehead atoms. The molecule has 0 aliphatic heterocycles. The van der Waals surface area contributed by atoms with Gasteiger partial charge in [0.15, 0.2) is 5.65 Å². The molecule has 0 atom stereocenters. The highest BCUT2D eigenvalue weighted by Crippen LogP contribution is 2.45. The van der Waals surface area contributed by atoms with Gasteiger partial charge in [-0.05, 0) is 31.9 Å². The lowest BCUT2D eigenvalue weighted by Crippen LogP contribution is -1.97. The van der Waals surface area contributed by atoms with Crippen molar-refractivity contribution in [1.82, 2.24) is 24.8 Å². The molecule has 0 amide bonds. The Hall–Kier alpha value is -2.95. The van der Waals surface area contributed by atoms with E-state index in [9.17, 15) is 0 Å². The van der Waals surface area contributed by atoms with E-state index in [-0.39, 0.29) is 0 Å². The summed E-state index contributed by atoms with van der Waals surface area (Å²) >= 11 is 0. The third-order valence-electron chi connectivity index (χ3n) is 4.21. The second-order valence-corrected chi connectivity index (χ2v) is 5.94. The first-order valence-electron chi connectivity index (χ1n) is 8.16. The quantitative estimate of drug-likeness (QED) is 0.719. The van der Waals surface area contributed by atoms with Crippen LogP contribution < -0.4 is 0 Å². The Kier molecular flexibility index (Phi) is 3.61. The molecule has 0 radical (unpaired) electrons. The molecule has 1 aliphatic carbocycles. The lowest BCUT2D eigenvalue weighted by molar-refractivity contribution is 0.934. The Labute approximate surface area is 140 Å². The van der Waals surface area contributed by atoms with Gasteiger partial charge in [0.1, 0.15) is 5.69 Å². The van der Waals surface area contributed by atoms with Crippen molar-refractivity contribution >= 4 is 11.2 Å². The Morgan fingerprint density at radius 1 is 1.38 bits per heavy atom. The molecule has 3 aromatic rings. The van der Waals surface area contributed by atoms with Crippen molar-refractivity contribution in [2.45, 2.75) is 25.7 Å². The van der Waals surface area contributed by atoms with E-state index in [1.165, 1.54) is 18.5 Å². The summed E-state index contributed by atoms with van der Waals surface area (Å²) in [7, 11) is 0. The topological polar surface area (TPSA) is 58.9 Å². The van der Waals surface area contributed by atoms with Gasteiger partial charge in [0, 0.05) is 29.6 Å². The molecule has 5 heteroatoms. The first-order chi connectivity index (χ1) is 11.8. The molecule has 4 rings (SSSR count). The molecule has 1 fully saturated rings. The molecular formula is C19H19N5. The van der Waals surface area contributed by atoms with Crippen LogP contribution in [0.5, 0.6) is 0 Å². The van der Waals surface area contributed by atoms with Crippen LogP contribution in [0, 0.1) is 0 Å². The average molecular weight is 317 g/mol. The fourth-order valence-corrected chi connectivity index (χ4v) is 2.96. The highest BCUT2D eigenvalue weighted by molar-refractivity contribution is 5.84. The standard InChI is InChI=1S/C19H19N5/c1-3-5-13(6-4-2)18-17(19(22-21-18)14-7-8-14)15-9-10-16-20-11-12-24(16)23-15/h3-6,9-12,14H,1,7-8H2,2H3,(H,21,22)/b6-4-,13-5+. The highest BCUT2D eigenvalue weighted by atomic mass is 15.2. The lowest BCUT2D eigenvalue weighted by atomic mass is 10.0. The minimum atomic E-state index is 0.553. The van der Waals surface area contributed by atoms with Gasteiger partial charge in [0.05, 0.1) is 11.3 Å². The van der Waals surface area contributed by atoms with Crippen LogP contribution in [-0.2, 0) is 0 Å². The van der Waals surface area contributed by atoms with E-state index in [0.717, 1.165) is 28.2 Å². The summed E-state index contributed by atoms with van der Waals surface area (Å²) in [5.74, 6) is 0.553. The third kappa shape index (κ3) is 2.48. The molecule has 0 unspecified atom stereocenters. The van der Waals surface area contributed by atoms with Gasteiger partial charge >= 0.3 is 0 Å². The van der Waals surface area contributed by atoms with Crippen molar-refractivity contribution in [2.75, 3.05) is 0 Å². The summed E-state index contributed by atoms with van der Waals surface area (Å²) < 4.78 is 1.80. The first kappa shape index (κ1) is 14.6. The fraction of sp³-hybridized carbons (Fsp3) is 0.211. The molecule has 120 valence electrons. The SMILES string of the molecule is C=C/C=C(\C=C/C)c1n[nH]c(C2CC2)c1-c1ccc2nccn2n1. The van der Waals surface area contributed by atoms with Crippen LogP contribution in [0.2, 0.25) is 0 Å². The molecule has 0 saturated heterocycles. The number of allylic oxidation sites excluding steroid dienone is 5. The monoisotopic (exact) mass is 317 g/mol. The zero-order chi connectivity index (χ0) is 16.5. The Bertz CT molecular complexity index is 953. The zero-order valence-corrected chi connectivity index (χ0v) is 13.6. The zero-order valence-electron chi connectivity index (χ0n) is 13.6. The maximum Gasteiger partial charge on any atom is 0.153 e. The van der Waals surface area contributed by atoms with Gasteiger partial charge in [-0.15, -0.1) is 0 Å². The molecule has 5 nitrogen and oxygen atoms in total. The number of fused-ring (bicyclic) bond motifs is 1. The van der Waals surface area contributed by atoms with Crippen molar-refractivity contribution < 1.29 is 0 Å². The van der Waals surface area contributed by atoms with Crippen LogP contribution in [0.15, 0.2) is 55.4 Å². The van der Waals surface area contributed by atoms with Crippen molar-refractivity contribution in [3.63, 3.8) is 0 Å². The van der Waals surface area contributed by atoms with Crippen molar-refractivity contribution in [1.29, 1.82) is 0 Å². The van der Waals surface area contributed by atoms with Crippen LogP contribution in [0.25, 0.3) is 22.5 Å². The lowest BCUT2D eigenvalue weighted by Gasteiger charge is -2.06. The van der Waals surface area contributed by atoms with E-state index >= 15 is 0 Å². The minimum Gasteiger partial charge on any atom is -0.281 e. The van der Waals surface area contributed by atoms with E-state index < -0.39 is 0 Å². The van der Waals surface area contributed by atoms with E-state index in [1.54, 1.807) is 16.8 Å². The number of nitrogens with zero attached hydrogens (tertiary/aromatic N) is 4. The molecule has 1 saturated carbocycles. The fourth-order valence-electron chi connectivity index (χ4n) is 2.96. The van der Waals surface area contributed by atoms with Gasteiger partial charge in [-0.3, -0.25) is 5.10 Å². The van der Waals surface area contributed by atoms with Crippen LogP contribution in [0.4, 0.5) is 0 Å². The predicted molar refractivity (Wildman–Crippen MR) is 95.5 cm³/mol. The summed E-state index contributed by atoms with van der Waals surface area (Å²) in [5, 5.41) is 12.6. The summed E-state index contributed by atoms with van der Waals surface area (Å²) in [6, 6.07) is 4.01. The van der Waals surface area contributed by atoms with Crippen LogP contribution in [0.1, 0.15) is 37.1 Å². The van der Waals surface area contributed by atoms with E-state index in [2.05, 4.69) is 21.8 Å². The van der Waals surface area contributed by atoms with Gasteiger partial charge in [0.25, 0.3) is 0 Å². The second-order valence-electron chi connectivity index (χ2n) is 5.94.